The maximum absolute atomic E-state index is 15.3. The van der Waals surface area contributed by atoms with Gasteiger partial charge in [0, 0.05) is 24.8 Å². The maximum Gasteiger partial charge on any atom is 0.269 e. The number of halogens is 1. The Labute approximate surface area is 196 Å². The number of anilines is 1. The zero-order valence-corrected chi connectivity index (χ0v) is 19.7. The van der Waals surface area contributed by atoms with Gasteiger partial charge in [-0.05, 0) is 43.2 Å². The molecule has 34 heavy (non-hydrogen) atoms. The molecule has 4 heterocycles. The number of carbonyl (C=O) groups is 1. The number of nitrogens with zero attached hydrogens (tertiary/aromatic N) is 5. The summed E-state index contributed by atoms with van der Waals surface area (Å²) in [6.45, 7) is 4.58. The van der Waals surface area contributed by atoms with Gasteiger partial charge in [0.15, 0.2) is 5.82 Å². The number of aromatic nitrogens is 5. The van der Waals surface area contributed by atoms with Crippen LogP contribution in [-0.4, -0.2) is 50.1 Å². The zero-order chi connectivity index (χ0) is 24.0. The molecule has 1 fully saturated rings. The molecule has 10 heteroatoms. The van der Waals surface area contributed by atoms with E-state index in [2.05, 4.69) is 39.5 Å². The number of pyridine rings is 1. The highest BCUT2D eigenvalue weighted by Gasteiger charge is 2.28. The third-order valence-corrected chi connectivity index (χ3v) is 6.67. The first-order valence-corrected chi connectivity index (χ1v) is 11.4. The number of methoxy groups -OCH3 is 1. The minimum absolute atomic E-state index is 0.266. The van der Waals surface area contributed by atoms with Crippen molar-refractivity contribution in [2.24, 2.45) is 5.41 Å². The second kappa shape index (κ2) is 8.27. The smallest absolute Gasteiger partial charge is 0.269 e. The molecule has 0 bridgehead atoms. The summed E-state index contributed by atoms with van der Waals surface area (Å²) in [6, 6.07) is 3.75. The van der Waals surface area contributed by atoms with Gasteiger partial charge in [-0.1, -0.05) is 13.8 Å². The van der Waals surface area contributed by atoms with E-state index in [4.69, 9.17) is 4.74 Å². The number of imidazole rings is 1. The summed E-state index contributed by atoms with van der Waals surface area (Å²) in [7, 11) is 3.06. The Hall–Kier alpha value is -3.69. The minimum atomic E-state index is -0.467. The zero-order valence-electron chi connectivity index (χ0n) is 19.7. The molecule has 1 amide bonds. The van der Waals surface area contributed by atoms with Crippen LogP contribution in [0.2, 0.25) is 0 Å². The first-order valence-electron chi connectivity index (χ1n) is 11.4. The van der Waals surface area contributed by atoms with E-state index in [9.17, 15) is 4.79 Å². The normalized spacial score (nSPS) is 16.1. The number of hydrogen-bond donors (Lipinski definition) is 2. The lowest BCUT2D eigenvalue weighted by Gasteiger charge is -2.34. The second-order valence-electron chi connectivity index (χ2n) is 9.54. The third-order valence-electron chi connectivity index (χ3n) is 6.67. The van der Waals surface area contributed by atoms with Crippen molar-refractivity contribution in [3.63, 3.8) is 0 Å². The van der Waals surface area contributed by atoms with E-state index in [0.717, 1.165) is 25.7 Å². The SMILES string of the molecule is CNC(=O)c1cnc2ccc(-c3c(F)cn4nc(NC5CCC(C)(C)CC5)nc(OC)c34)cn12. The second-order valence-corrected chi connectivity index (χ2v) is 9.54. The van der Waals surface area contributed by atoms with Crippen LogP contribution in [0.5, 0.6) is 5.88 Å². The van der Waals surface area contributed by atoms with Crippen LogP contribution in [0.15, 0.2) is 30.7 Å². The summed E-state index contributed by atoms with van der Waals surface area (Å²) in [5.41, 5.74) is 2.54. The number of carbonyl (C=O) groups excluding carboxylic acids is 1. The maximum atomic E-state index is 15.3. The van der Waals surface area contributed by atoms with Gasteiger partial charge < -0.3 is 15.4 Å². The molecule has 5 rings (SSSR count). The fourth-order valence-electron chi connectivity index (χ4n) is 4.65. The van der Waals surface area contributed by atoms with E-state index in [-0.39, 0.29) is 17.8 Å². The highest BCUT2D eigenvalue weighted by molar-refractivity contribution is 5.93. The summed E-state index contributed by atoms with van der Waals surface area (Å²) in [5.74, 6) is -0.0768. The van der Waals surface area contributed by atoms with Crippen LogP contribution < -0.4 is 15.4 Å². The highest BCUT2D eigenvalue weighted by atomic mass is 19.1. The minimum Gasteiger partial charge on any atom is -0.479 e. The largest absolute Gasteiger partial charge is 0.479 e. The number of fused-ring (bicyclic) bond motifs is 2. The molecular formula is C24H28FN7O2. The molecular weight excluding hydrogens is 437 g/mol. The van der Waals surface area contributed by atoms with Crippen molar-refractivity contribution in [3.8, 4) is 17.0 Å². The molecule has 0 spiro atoms. The molecule has 1 aliphatic carbocycles. The standard InChI is InChI=1S/C24H28FN7O2/c1-24(2)9-7-15(8-10-24)28-23-29-22(34-4)20-19(16(25)13-32(20)30-23)14-5-6-18-27-11-17(21(33)26-3)31(18)12-14/h5-6,11-13,15H,7-10H2,1-4H3,(H,26,33)(H,28,30). The van der Waals surface area contributed by atoms with Gasteiger partial charge in [0.2, 0.25) is 11.8 Å². The van der Waals surface area contributed by atoms with Crippen LogP contribution in [0, 0.1) is 11.2 Å². The first kappa shape index (κ1) is 22.1. The van der Waals surface area contributed by atoms with Crippen molar-refractivity contribution in [1.82, 2.24) is 29.3 Å². The fraction of sp³-hybridized carbons (Fsp3) is 0.417. The monoisotopic (exact) mass is 465 g/mol. The predicted molar refractivity (Wildman–Crippen MR) is 127 cm³/mol. The van der Waals surface area contributed by atoms with Crippen LogP contribution in [0.1, 0.15) is 50.0 Å². The topological polar surface area (TPSA) is 97.9 Å². The van der Waals surface area contributed by atoms with Crippen molar-refractivity contribution >= 4 is 23.0 Å². The summed E-state index contributed by atoms with van der Waals surface area (Å²) in [5, 5.41) is 10.5. The van der Waals surface area contributed by atoms with Crippen molar-refractivity contribution in [2.45, 2.75) is 45.6 Å². The van der Waals surface area contributed by atoms with Crippen molar-refractivity contribution < 1.29 is 13.9 Å². The molecule has 9 nitrogen and oxygen atoms in total. The first-order chi connectivity index (χ1) is 16.3. The van der Waals surface area contributed by atoms with Crippen LogP contribution in [0.4, 0.5) is 10.3 Å². The van der Waals surface area contributed by atoms with Gasteiger partial charge in [-0.15, -0.1) is 5.10 Å². The number of hydrogen-bond acceptors (Lipinski definition) is 6. The Morgan fingerprint density at radius 1 is 1.24 bits per heavy atom. The van der Waals surface area contributed by atoms with E-state index < -0.39 is 5.82 Å². The number of rotatable bonds is 5. The molecule has 0 aliphatic heterocycles. The summed E-state index contributed by atoms with van der Waals surface area (Å²) in [4.78, 5) is 21.0. The molecule has 0 atom stereocenters. The van der Waals surface area contributed by atoms with Crippen molar-refractivity contribution in [1.29, 1.82) is 0 Å². The fourth-order valence-corrected chi connectivity index (χ4v) is 4.65. The Bertz CT molecular complexity index is 1380. The van der Waals surface area contributed by atoms with Crippen molar-refractivity contribution in [2.75, 3.05) is 19.5 Å². The summed E-state index contributed by atoms with van der Waals surface area (Å²) < 4.78 is 23.9. The number of ether oxygens (including phenoxy) is 1. The van der Waals surface area contributed by atoms with Gasteiger partial charge in [0.05, 0.1) is 25.1 Å². The Balaban J connectivity index is 1.55. The lowest BCUT2D eigenvalue weighted by molar-refractivity contribution is 0.0957. The summed E-state index contributed by atoms with van der Waals surface area (Å²) >= 11 is 0. The molecule has 0 unspecified atom stereocenters. The van der Waals surface area contributed by atoms with E-state index in [1.807, 2.05) is 0 Å². The molecule has 4 aromatic rings. The molecule has 0 saturated heterocycles. The Morgan fingerprint density at radius 2 is 2.00 bits per heavy atom. The predicted octanol–water partition coefficient (Wildman–Crippen LogP) is 3.93. The van der Waals surface area contributed by atoms with Crippen molar-refractivity contribution in [3.05, 3.63) is 42.2 Å². The third kappa shape index (κ3) is 3.82. The quantitative estimate of drug-likeness (QED) is 0.464. The number of nitrogens with one attached hydrogen (secondary N) is 2. The molecule has 0 aromatic carbocycles. The lowest BCUT2D eigenvalue weighted by atomic mass is 9.76. The van der Waals surface area contributed by atoms with Gasteiger partial charge in [-0.3, -0.25) is 9.20 Å². The molecule has 4 aromatic heterocycles. The molecule has 178 valence electrons. The van der Waals surface area contributed by atoms with Gasteiger partial charge in [0.1, 0.15) is 16.9 Å². The van der Waals surface area contributed by atoms with E-state index in [1.54, 1.807) is 29.8 Å². The molecule has 1 saturated carbocycles. The average Bonchev–Trinajstić information content (AvgIpc) is 3.39. The van der Waals surface area contributed by atoms with Crippen LogP contribution in [0.3, 0.4) is 0 Å². The Morgan fingerprint density at radius 3 is 2.71 bits per heavy atom. The average molecular weight is 466 g/mol. The van der Waals surface area contributed by atoms with Crippen LogP contribution in [-0.2, 0) is 0 Å². The van der Waals surface area contributed by atoms with Gasteiger partial charge in [-0.25, -0.2) is 13.9 Å². The molecule has 0 radical (unpaired) electrons. The lowest BCUT2D eigenvalue weighted by Crippen LogP contribution is -2.30. The highest BCUT2D eigenvalue weighted by Crippen LogP contribution is 2.37. The molecule has 1 aliphatic rings. The van der Waals surface area contributed by atoms with Crippen LogP contribution in [0.25, 0.3) is 22.3 Å². The Kier molecular flexibility index (Phi) is 5.38. The van der Waals surface area contributed by atoms with Gasteiger partial charge >= 0.3 is 0 Å². The van der Waals surface area contributed by atoms with E-state index in [1.165, 1.54) is 24.0 Å². The molecule has 2 N–H and O–H groups in total. The van der Waals surface area contributed by atoms with Gasteiger partial charge in [0.25, 0.3) is 5.91 Å². The number of amides is 1. The van der Waals surface area contributed by atoms with Crippen LogP contribution >= 0.6 is 0 Å². The van der Waals surface area contributed by atoms with Gasteiger partial charge in [-0.2, -0.15) is 4.98 Å². The van der Waals surface area contributed by atoms with E-state index in [0.29, 0.717) is 39.3 Å². The summed E-state index contributed by atoms with van der Waals surface area (Å²) in [6.07, 6.45) is 8.80. The van der Waals surface area contributed by atoms with E-state index >= 15 is 4.39 Å².